The second-order valence-corrected chi connectivity index (χ2v) is 8.53. The molecule has 0 N–H and O–H groups in total. The normalized spacial score (nSPS) is 11.5. The van der Waals surface area contributed by atoms with Gasteiger partial charge in [0.2, 0.25) is 5.89 Å². The highest BCUT2D eigenvalue weighted by Crippen LogP contribution is 2.37. The minimum atomic E-state index is -3.56. The molecule has 0 aliphatic rings. The van der Waals surface area contributed by atoms with Crippen molar-refractivity contribution in [3.05, 3.63) is 57.6 Å². The summed E-state index contributed by atoms with van der Waals surface area (Å²) < 4.78 is 28.7. The lowest BCUT2D eigenvalue weighted by Gasteiger charge is -2.02. The highest BCUT2D eigenvalue weighted by molar-refractivity contribution is 7.99. The molecule has 0 spiro atoms. The molecular weight excluding hydrogens is 402 g/mol. The van der Waals surface area contributed by atoms with E-state index in [4.69, 9.17) is 16.0 Å². The van der Waals surface area contributed by atoms with Gasteiger partial charge in [0, 0.05) is 12.3 Å². The van der Waals surface area contributed by atoms with Crippen LogP contribution in [0.2, 0.25) is 5.02 Å². The molecule has 0 bridgehead atoms. The minimum Gasteiger partial charge on any atom is -0.411 e. The molecule has 0 fully saturated rings. The number of benzene rings is 2. The summed E-state index contributed by atoms with van der Waals surface area (Å²) in [5.74, 6) is 0.175. The summed E-state index contributed by atoms with van der Waals surface area (Å²) in [4.78, 5) is 10.6. The number of nitro benzene ring substituents is 1. The van der Waals surface area contributed by atoms with Crippen LogP contribution >= 0.6 is 23.4 Å². The van der Waals surface area contributed by atoms with Crippen LogP contribution in [0.25, 0.3) is 11.5 Å². The van der Waals surface area contributed by atoms with Crippen molar-refractivity contribution in [1.82, 2.24) is 10.2 Å². The molecule has 8 nitrogen and oxygen atoms in total. The van der Waals surface area contributed by atoms with Crippen LogP contribution in [0.5, 0.6) is 0 Å². The Morgan fingerprint density at radius 2 is 1.92 bits per heavy atom. The minimum absolute atomic E-state index is 0.0649. The van der Waals surface area contributed by atoms with Crippen LogP contribution < -0.4 is 0 Å². The maximum absolute atomic E-state index is 11.6. The van der Waals surface area contributed by atoms with Crippen LogP contribution in [0.15, 0.2) is 61.9 Å². The number of aromatic nitrogens is 2. The van der Waals surface area contributed by atoms with Crippen molar-refractivity contribution in [1.29, 1.82) is 0 Å². The lowest BCUT2D eigenvalue weighted by atomic mass is 10.2. The van der Waals surface area contributed by atoms with E-state index in [1.807, 2.05) is 0 Å². The van der Waals surface area contributed by atoms with E-state index in [9.17, 15) is 18.5 Å². The smallest absolute Gasteiger partial charge is 0.284 e. The average Bonchev–Trinajstić information content (AvgIpc) is 3.02. The molecule has 1 aromatic heterocycles. The van der Waals surface area contributed by atoms with E-state index in [-0.39, 0.29) is 26.6 Å². The van der Waals surface area contributed by atoms with E-state index in [2.05, 4.69) is 10.2 Å². The fourth-order valence-electron chi connectivity index (χ4n) is 2.05. The van der Waals surface area contributed by atoms with Crippen molar-refractivity contribution in [2.45, 2.75) is 15.0 Å². The zero-order chi connectivity index (χ0) is 18.9. The topological polar surface area (TPSA) is 116 Å². The van der Waals surface area contributed by atoms with Gasteiger partial charge in [0.15, 0.2) is 9.84 Å². The van der Waals surface area contributed by atoms with Gasteiger partial charge < -0.3 is 4.42 Å². The second-order valence-electron chi connectivity index (χ2n) is 5.11. The summed E-state index contributed by atoms with van der Waals surface area (Å²) in [6.07, 6.45) is 0.979. The van der Waals surface area contributed by atoms with Crippen LogP contribution in [-0.4, -0.2) is 29.8 Å². The third-order valence-electron chi connectivity index (χ3n) is 3.26. The molecule has 0 amide bonds. The first kappa shape index (κ1) is 18.4. The van der Waals surface area contributed by atoms with Crippen molar-refractivity contribution in [3.8, 4) is 11.5 Å². The number of halogens is 1. The molecule has 2 aromatic carbocycles. The van der Waals surface area contributed by atoms with Gasteiger partial charge >= 0.3 is 0 Å². The summed E-state index contributed by atoms with van der Waals surface area (Å²) in [6.45, 7) is 0. The van der Waals surface area contributed by atoms with Crippen molar-refractivity contribution in [2.75, 3.05) is 6.26 Å². The molecule has 0 atom stereocenters. The number of nitrogens with zero attached hydrogens (tertiary/aromatic N) is 3. The Morgan fingerprint density at radius 1 is 1.19 bits per heavy atom. The molecule has 11 heteroatoms. The molecule has 0 aliphatic heterocycles. The number of sulfone groups is 1. The van der Waals surface area contributed by atoms with Crippen LogP contribution in [0.4, 0.5) is 5.69 Å². The van der Waals surface area contributed by atoms with Crippen molar-refractivity contribution >= 4 is 38.9 Å². The van der Waals surface area contributed by atoms with Crippen LogP contribution in [0, 0.1) is 10.1 Å². The number of rotatable bonds is 5. The molecule has 1 heterocycles. The third kappa shape index (κ3) is 3.87. The first-order valence-electron chi connectivity index (χ1n) is 7.00. The molecule has 0 saturated carbocycles. The van der Waals surface area contributed by atoms with Crippen LogP contribution in [-0.2, 0) is 9.84 Å². The highest BCUT2D eigenvalue weighted by Gasteiger charge is 2.22. The summed E-state index contributed by atoms with van der Waals surface area (Å²) >= 11 is 6.94. The maximum atomic E-state index is 11.6. The maximum Gasteiger partial charge on any atom is 0.284 e. The van der Waals surface area contributed by atoms with Gasteiger partial charge in [-0.15, -0.1) is 10.2 Å². The van der Waals surface area contributed by atoms with E-state index in [1.54, 1.807) is 24.3 Å². The predicted molar refractivity (Wildman–Crippen MR) is 95.1 cm³/mol. The largest absolute Gasteiger partial charge is 0.411 e. The Balaban J connectivity index is 1.95. The Kier molecular flexibility index (Phi) is 4.99. The van der Waals surface area contributed by atoms with E-state index in [0.29, 0.717) is 10.6 Å². The lowest BCUT2D eigenvalue weighted by molar-refractivity contribution is -0.388. The van der Waals surface area contributed by atoms with E-state index in [0.717, 1.165) is 24.1 Å². The van der Waals surface area contributed by atoms with E-state index < -0.39 is 14.8 Å². The van der Waals surface area contributed by atoms with Crippen LogP contribution in [0.3, 0.4) is 0 Å². The van der Waals surface area contributed by atoms with Gasteiger partial charge in [-0.3, -0.25) is 10.1 Å². The molecule has 0 unspecified atom stereocenters. The fraction of sp³-hybridized carbons (Fsp3) is 0.0667. The Hall–Kier alpha value is -2.43. The monoisotopic (exact) mass is 411 g/mol. The van der Waals surface area contributed by atoms with Crippen LogP contribution in [0.1, 0.15) is 0 Å². The Morgan fingerprint density at radius 3 is 2.58 bits per heavy atom. The number of nitro groups is 1. The predicted octanol–water partition coefficient (Wildman–Crippen LogP) is 3.85. The van der Waals surface area contributed by atoms with Gasteiger partial charge in [-0.2, -0.15) is 0 Å². The molecule has 0 aliphatic carbocycles. The zero-order valence-electron chi connectivity index (χ0n) is 13.1. The molecule has 3 rings (SSSR count). The average molecular weight is 412 g/mol. The number of hydrogen-bond donors (Lipinski definition) is 0. The molecule has 3 aromatic rings. The molecule has 0 radical (unpaired) electrons. The first-order chi connectivity index (χ1) is 12.3. The van der Waals surface area contributed by atoms with E-state index in [1.165, 1.54) is 12.1 Å². The summed E-state index contributed by atoms with van der Waals surface area (Å²) in [5.41, 5.74) is 0.172. The van der Waals surface area contributed by atoms with Gasteiger partial charge in [0.25, 0.3) is 10.9 Å². The lowest BCUT2D eigenvalue weighted by Crippen LogP contribution is -1.99. The van der Waals surface area contributed by atoms with Gasteiger partial charge in [0.1, 0.15) is 0 Å². The van der Waals surface area contributed by atoms with Gasteiger partial charge in [-0.1, -0.05) is 23.7 Å². The number of hydrogen-bond acceptors (Lipinski definition) is 8. The molecular formula is C15H10ClN3O5S2. The van der Waals surface area contributed by atoms with Gasteiger partial charge in [-0.25, -0.2) is 8.42 Å². The Bertz CT molecular complexity index is 1100. The molecule has 0 saturated heterocycles. The van der Waals surface area contributed by atoms with Gasteiger partial charge in [0.05, 0.1) is 25.3 Å². The quantitative estimate of drug-likeness (QED) is 0.459. The Labute approximate surface area is 157 Å². The van der Waals surface area contributed by atoms with Crippen molar-refractivity contribution in [3.63, 3.8) is 0 Å². The standard InChI is InChI=1S/C15H10ClN3O5S2/c1-26(22,23)9-6-7-13(12(8-9)19(20)21)25-15-18-17-14(24-15)10-4-2-3-5-11(10)16/h2-8H,1H3. The van der Waals surface area contributed by atoms with Gasteiger partial charge in [-0.05, 0) is 36.0 Å². The van der Waals surface area contributed by atoms with Crippen molar-refractivity contribution < 1.29 is 17.8 Å². The van der Waals surface area contributed by atoms with Crippen molar-refractivity contribution in [2.24, 2.45) is 0 Å². The zero-order valence-corrected chi connectivity index (χ0v) is 15.5. The molecule has 134 valence electrons. The SMILES string of the molecule is CS(=O)(=O)c1ccc(Sc2nnc(-c3ccccc3Cl)o2)c([N+](=O)[O-])c1. The summed E-state index contributed by atoms with van der Waals surface area (Å²) in [5, 5.41) is 19.5. The molecule has 26 heavy (non-hydrogen) atoms. The highest BCUT2D eigenvalue weighted by atomic mass is 35.5. The van der Waals surface area contributed by atoms with E-state index >= 15 is 0 Å². The first-order valence-corrected chi connectivity index (χ1v) is 10.1. The fourth-order valence-corrected chi connectivity index (χ4v) is 3.67. The summed E-state index contributed by atoms with van der Waals surface area (Å²) in [6, 6.07) is 10.5. The third-order valence-corrected chi connectivity index (χ3v) is 5.61. The summed E-state index contributed by atoms with van der Waals surface area (Å²) in [7, 11) is -3.56. The second kappa shape index (κ2) is 7.06.